The van der Waals surface area contributed by atoms with Crippen LogP contribution in [0.25, 0.3) is 0 Å². The molecule has 0 spiro atoms. The van der Waals surface area contributed by atoms with Crippen molar-refractivity contribution in [2.45, 2.75) is 366 Å². The molecule has 2 N–H and O–H groups in total. The third-order valence-electron chi connectivity index (χ3n) is 15.6. The van der Waals surface area contributed by atoms with Gasteiger partial charge in [-0.15, -0.1) is 0 Å². The Labute approximate surface area is 457 Å². The quantitative estimate of drug-likeness (QED) is 0.0357. The second-order valence-electron chi connectivity index (χ2n) is 24.2. The molecule has 0 heterocycles. The van der Waals surface area contributed by atoms with Gasteiger partial charge in [0.25, 0.3) is 7.82 Å². The number of carbonyl (C=O) groups excluding carboxylic acids is 1. The number of quaternary nitrogens is 1. The van der Waals surface area contributed by atoms with Crippen molar-refractivity contribution in [3.8, 4) is 0 Å². The Hall–Kier alpha value is -0.500. The van der Waals surface area contributed by atoms with E-state index in [4.69, 9.17) is 9.05 Å². The van der Waals surface area contributed by atoms with Crippen LogP contribution >= 0.6 is 7.82 Å². The van der Waals surface area contributed by atoms with E-state index in [0.717, 1.165) is 38.5 Å². The highest BCUT2D eigenvalue weighted by Gasteiger charge is 2.24. The summed E-state index contributed by atoms with van der Waals surface area (Å²) in [7, 11) is 1.33. The Kier molecular flexibility index (Phi) is 55.8. The SMILES string of the molecule is CCCCCCCCCCCCCCCCCCCCCCCCCCCCCCCC(O)C(COP(=O)([O-])OCC[N+](C)(C)C)NC(=O)CCCCCCCCCCCCCCCCCCCCCCCC. The highest BCUT2D eigenvalue weighted by atomic mass is 31.2. The average Bonchev–Trinajstić information content (AvgIpc) is 3.35. The summed E-state index contributed by atoms with van der Waals surface area (Å²) in [5.74, 6) is -0.155. The Bertz CT molecular complexity index is 1150. The maximum Gasteiger partial charge on any atom is 0.268 e. The molecule has 0 rings (SSSR count). The molecule has 1 amide bonds. The summed E-state index contributed by atoms with van der Waals surface area (Å²) in [4.78, 5) is 25.6. The fourth-order valence-corrected chi connectivity index (χ4v) is 11.2. The van der Waals surface area contributed by atoms with Crippen LogP contribution in [0.15, 0.2) is 0 Å². The van der Waals surface area contributed by atoms with E-state index in [2.05, 4.69) is 19.2 Å². The number of phosphoric ester groups is 1. The maximum atomic E-state index is 13.0. The van der Waals surface area contributed by atoms with Crippen molar-refractivity contribution in [1.82, 2.24) is 5.32 Å². The van der Waals surface area contributed by atoms with E-state index >= 15 is 0 Å². The minimum atomic E-state index is -4.57. The van der Waals surface area contributed by atoms with Crippen molar-refractivity contribution in [3.63, 3.8) is 0 Å². The summed E-state index contributed by atoms with van der Waals surface area (Å²) >= 11 is 0. The van der Waals surface area contributed by atoms with E-state index in [1.807, 2.05) is 21.1 Å². The minimum Gasteiger partial charge on any atom is -0.756 e. The van der Waals surface area contributed by atoms with E-state index in [-0.39, 0.29) is 19.1 Å². The number of hydrogen-bond donors (Lipinski definition) is 2. The van der Waals surface area contributed by atoms with Crippen LogP contribution in [0.2, 0.25) is 0 Å². The summed E-state index contributed by atoms with van der Waals surface area (Å²) in [5, 5.41) is 14.1. The molecule has 73 heavy (non-hydrogen) atoms. The summed E-state index contributed by atoms with van der Waals surface area (Å²) in [6, 6.07) is -0.796. The normalized spacial score (nSPS) is 13.7. The molecule has 0 aromatic heterocycles. The Morgan fingerprint density at radius 1 is 0.425 bits per heavy atom. The number of likely N-dealkylation sites (N-methyl/N-ethyl adjacent to an activating group) is 1. The van der Waals surface area contributed by atoms with Crippen LogP contribution in [-0.4, -0.2) is 68.5 Å². The largest absolute Gasteiger partial charge is 0.756 e. The first-order valence-corrected chi connectivity index (χ1v) is 34.3. The third-order valence-corrected chi connectivity index (χ3v) is 16.6. The number of hydrogen-bond acceptors (Lipinski definition) is 6. The lowest BCUT2D eigenvalue weighted by molar-refractivity contribution is -0.870. The number of unbranched alkanes of at least 4 members (excludes halogenated alkanes) is 49. The molecule has 0 aromatic rings. The molecule has 438 valence electrons. The molecule has 0 aromatic carbocycles. The van der Waals surface area contributed by atoms with Gasteiger partial charge >= 0.3 is 0 Å². The predicted octanol–water partition coefficient (Wildman–Crippen LogP) is 19.8. The van der Waals surface area contributed by atoms with Gasteiger partial charge in [0.05, 0.1) is 39.9 Å². The van der Waals surface area contributed by atoms with E-state index in [1.165, 1.54) is 289 Å². The van der Waals surface area contributed by atoms with Gasteiger partial charge in [0.15, 0.2) is 0 Å². The maximum absolute atomic E-state index is 13.0. The van der Waals surface area contributed by atoms with Gasteiger partial charge in [-0.1, -0.05) is 335 Å². The number of phosphoric acid groups is 1. The topological polar surface area (TPSA) is 108 Å². The number of aliphatic hydroxyl groups is 1. The molecule has 0 bridgehead atoms. The van der Waals surface area contributed by atoms with Crippen LogP contribution in [0, 0.1) is 0 Å². The van der Waals surface area contributed by atoms with Crippen LogP contribution in [-0.2, 0) is 18.4 Å². The predicted molar refractivity (Wildman–Crippen MR) is 316 cm³/mol. The molecule has 8 nitrogen and oxygen atoms in total. The van der Waals surface area contributed by atoms with Gasteiger partial charge in [0, 0.05) is 6.42 Å². The zero-order valence-corrected chi connectivity index (χ0v) is 51.0. The standard InChI is InChI=1S/C64H131N2O6P/c1-6-8-10-12-14-16-18-20-22-24-26-28-30-31-32-33-34-35-36-37-39-41-43-45-47-49-51-53-55-57-63(67)62(61-72-73(69,70)71-60-59-66(3,4)5)65-64(68)58-56-54-52-50-48-46-44-42-40-38-29-27-25-23-21-19-17-15-13-11-9-7-2/h62-63,67H,6-61H2,1-5H3,(H-,65,68,69,70). The first kappa shape index (κ1) is 72.5. The van der Waals surface area contributed by atoms with Gasteiger partial charge < -0.3 is 28.8 Å². The third kappa shape index (κ3) is 59.0. The van der Waals surface area contributed by atoms with E-state index < -0.39 is 20.0 Å². The van der Waals surface area contributed by atoms with Crippen molar-refractivity contribution < 1.29 is 32.9 Å². The lowest BCUT2D eigenvalue weighted by Crippen LogP contribution is -2.46. The van der Waals surface area contributed by atoms with Crippen molar-refractivity contribution in [2.75, 3.05) is 40.9 Å². The van der Waals surface area contributed by atoms with Crippen LogP contribution in [0.1, 0.15) is 354 Å². The molecule has 3 atom stereocenters. The zero-order valence-electron chi connectivity index (χ0n) is 50.1. The number of aliphatic hydroxyl groups excluding tert-OH is 1. The van der Waals surface area contributed by atoms with E-state index in [9.17, 15) is 19.4 Å². The number of carbonyl (C=O) groups is 1. The van der Waals surface area contributed by atoms with Crippen molar-refractivity contribution >= 4 is 13.7 Å². The van der Waals surface area contributed by atoms with Gasteiger partial charge in [-0.05, 0) is 12.8 Å². The molecular weight excluding hydrogens is 924 g/mol. The Balaban J connectivity index is 4.02. The minimum absolute atomic E-state index is 0.0169. The van der Waals surface area contributed by atoms with Crippen molar-refractivity contribution in [2.24, 2.45) is 0 Å². The van der Waals surface area contributed by atoms with E-state index in [0.29, 0.717) is 23.9 Å². The number of nitrogens with one attached hydrogen (secondary N) is 1. The molecule has 9 heteroatoms. The van der Waals surface area contributed by atoms with Gasteiger partial charge in [-0.2, -0.15) is 0 Å². The molecule has 0 aliphatic heterocycles. The van der Waals surface area contributed by atoms with Gasteiger partial charge in [0.2, 0.25) is 5.91 Å². The van der Waals surface area contributed by atoms with Crippen molar-refractivity contribution in [1.29, 1.82) is 0 Å². The second-order valence-corrected chi connectivity index (χ2v) is 25.6. The summed E-state index contributed by atoms with van der Waals surface area (Å²) in [6.45, 7) is 4.79. The van der Waals surface area contributed by atoms with Crippen LogP contribution in [0.4, 0.5) is 0 Å². The molecule has 0 fully saturated rings. The van der Waals surface area contributed by atoms with Gasteiger partial charge in [-0.25, -0.2) is 0 Å². The van der Waals surface area contributed by atoms with E-state index in [1.54, 1.807) is 0 Å². The number of rotatable bonds is 62. The second kappa shape index (κ2) is 56.2. The smallest absolute Gasteiger partial charge is 0.268 e. The first-order valence-electron chi connectivity index (χ1n) is 32.9. The number of nitrogens with zero attached hydrogens (tertiary/aromatic N) is 1. The summed E-state index contributed by atoms with van der Waals surface area (Å²) in [5.41, 5.74) is 0. The van der Waals surface area contributed by atoms with Crippen LogP contribution < -0.4 is 10.2 Å². The molecule has 0 aliphatic carbocycles. The zero-order chi connectivity index (χ0) is 53.5. The molecule has 3 unspecified atom stereocenters. The monoisotopic (exact) mass is 1050 g/mol. The van der Waals surface area contributed by atoms with Crippen LogP contribution in [0.3, 0.4) is 0 Å². The van der Waals surface area contributed by atoms with Crippen molar-refractivity contribution in [3.05, 3.63) is 0 Å². The summed E-state index contributed by atoms with van der Waals surface area (Å²) < 4.78 is 23.5. The lowest BCUT2D eigenvalue weighted by atomic mass is 10.0. The fraction of sp³-hybridized carbons (Fsp3) is 0.984. The van der Waals surface area contributed by atoms with Gasteiger partial charge in [-0.3, -0.25) is 9.36 Å². The van der Waals surface area contributed by atoms with Crippen LogP contribution in [0.5, 0.6) is 0 Å². The highest BCUT2D eigenvalue weighted by Crippen LogP contribution is 2.38. The lowest BCUT2D eigenvalue weighted by Gasteiger charge is -2.30. The fourth-order valence-electron chi connectivity index (χ4n) is 10.5. The molecule has 0 saturated heterocycles. The Morgan fingerprint density at radius 2 is 0.671 bits per heavy atom. The molecule has 0 saturated carbocycles. The summed E-state index contributed by atoms with van der Waals surface area (Å²) in [6.07, 6.45) is 68.8. The number of amides is 1. The average molecular weight is 1060 g/mol. The van der Waals surface area contributed by atoms with Gasteiger partial charge in [0.1, 0.15) is 13.2 Å². The highest BCUT2D eigenvalue weighted by molar-refractivity contribution is 7.45. The molecule has 0 radical (unpaired) electrons. The first-order chi connectivity index (χ1) is 35.5. The Morgan fingerprint density at radius 3 is 0.932 bits per heavy atom. The molecule has 0 aliphatic rings. The molecular formula is C64H131N2O6P.